The Hall–Kier alpha value is -1.30. The number of likely N-dealkylation sites (tertiary alicyclic amines) is 1. The lowest BCUT2D eigenvalue weighted by molar-refractivity contribution is 0.221. The highest BCUT2D eigenvalue weighted by molar-refractivity contribution is 5.36. The minimum atomic E-state index is 0.139. The lowest BCUT2D eigenvalue weighted by Crippen LogP contribution is -2.29. The summed E-state index contributed by atoms with van der Waals surface area (Å²) in [4.78, 5) is 2.52. The van der Waals surface area contributed by atoms with Gasteiger partial charge in [0.25, 0.3) is 0 Å². The van der Waals surface area contributed by atoms with Gasteiger partial charge in [-0.25, -0.2) is 0 Å². The van der Waals surface area contributed by atoms with Gasteiger partial charge in [-0.15, -0.1) is 0 Å². The first kappa shape index (κ1) is 13.1. The largest absolute Gasteiger partial charge is 0.395 e. The van der Waals surface area contributed by atoms with Crippen LogP contribution in [0, 0.1) is 11.8 Å². The fourth-order valence-electron chi connectivity index (χ4n) is 2.29. The molecule has 0 spiro atoms. The molecule has 0 amide bonds. The van der Waals surface area contributed by atoms with Crippen molar-refractivity contribution in [1.29, 1.82) is 0 Å². The molecule has 0 saturated carbocycles. The first-order valence-corrected chi connectivity index (χ1v) is 6.79. The molecule has 1 aliphatic rings. The fourth-order valence-corrected chi connectivity index (χ4v) is 2.29. The summed E-state index contributed by atoms with van der Waals surface area (Å²) in [5.41, 5.74) is 2.40. The van der Waals surface area contributed by atoms with Crippen molar-refractivity contribution < 1.29 is 5.11 Å². The predicted molar refractivity (Wildman–Crippen MR) is 74.2 cm³/mol. The van der Waals surface area contributed by atoms with Crippen LogP contribution in [0.15, 0.2) is 24.3 Å². The smallest absolute Gasteiger partial charge is 0.0540 e. The zero-order valence-electron chi connectivity index (χ0n) is 10.9. The third kappa shape index (κ3) is 4.18. The van der Waals surface area contributed by atoms with E-state index < -0.39 is 0 Å². The Morgan fingerprint density at radius 3 is 2.44 bits per heavy atom. The molecule has 1 aliphatic heterocycles. The normalized spacial score (nSPS) is 16.1. The second-order valence-electron chi connectivity index (χ2n) is 4.81. The van der Waals surface area contributed by atoms with E-state index in [1.807, 2.05) is 0 Å². The molecule has 1 aromatic rings. The first-order chi connectivity index (χ1) is 8.88. The summed E-state index contributed by atoms with van der Waals surface area (Å²) in [6, 6.07) is 8.47. The summed E-state index contributed by atoms with van der Waals surface area (Å²) < 4.78 is 0. The van der Waals surface area contributed by atoms with Gasteiger partial charge in [-0.3, -0.25) is 4.90 Å². The summed E-state index contributed by atoms with van der Waals surface area (Å²) in [6.45, 7) is 3.67. The van der Waals surface area contributed by atoms with Crippen molar-refractivity contribution in [2.45, 2.75) is 32.2 Å². The molecule has 1 heterocycles. The van der Waals surface area contributed by atoms with Gasteiger partial charge in [-0.2, -0.15) is 0 Å². The zero-order chi connectivity index (χ0) is 12.6. The van der Waals surface area contributed by atoms with Crippen molar-refractivity contribution in [2.75, 3.05) is 19.7 Å². The fraction of sp³-hybridized carbons (Fsp3) is 0.500. The Morgan fingerprint density at radius 2 is 1.78 bits per heavy atom. The molecule has 2 heteroatoms. The van der Waals surface area contributed by atoms with Gasteiger partial charge in [0.1, 0.15) is 0 Å². The minimum Gasteiger partial charge on any atom is -0.395 e. The lowest BCUT2D eigenvalue weighted by Gasteiger charge is -2.26. The van der Waals surface area contributed by atoms with Gasteiger partial charge in [0, 0.05) is 18.5 Å². The standard InChI is InChI=1S/C16H21NO/c18-13-5-2-6-15-7-9-16(10-8-15)14-17-11-3-1-4-12-17/h7-10,18H,1,3-5,11-14H2. The summed E-state index contributed by atoms with van der Waals surface area (Å²) in [5.74, 6) is 5.99. The molecule has 1 fully saturated rings. The van der Waals surface area contributed by atoms with Crippen LogP contribution in [0.2, 0.25) is 0 Å². The molecule has 2 nitrogen and oxygen atoms in total. The second kappa shape index (κ2) is 7.20. The van der Waals surface area contributed by atoms with E-state index in [9.17, 15) is 0 Å². The summed E-state index contributed by atoms with van der Waals surface area (Å²) in [7, 11) is 0. The van der Waals surface area contributed by atoms with Gasteiger partial charge in [-0.1, -0.05) is 30.4 Å². The van der Waals surface area contributed by atoms with Crippen molar-refractivity contribution in [3.8, 4) is 11.8 Å². The van der Waals surface area contributed by atoms with Crippen molar-refractivity contribution in [2.24, 2.45) is 0 Å². The van der Waals surface area contributed by atoms with Crippen LogP contribution >= 0.6 is 0 Å². The third-order valence-electron chi connectivity index (χ3n) is 3.28. The molecule has 0 atom stereocenters. The number of aliphatic hydroxyl groups is 1. The van der Waals surface area contributed by atoms with Crippen LogP contribution in [-0.2, 0) is 6.54 Å². The maximum absolute atomic E-state index is 8.66. The van der Waals surface area contributed by atoms with Crippen LogP contribution in [0.5, 0.6) is 0 Å². The van der Waals surface area contributed by atoms with Crippen LogP contribution in [-0.4, -0.2) is 29.7 Å². The van der Waals surface area contributed by atoms with E-state index in [4.69, 9.17) is 5.11 Å². The molecule has 0 radical (unpaired) electrons. The molecule has 96 valence electrons. The highest BCUT2D eigenvalue weighted by Crippen LogP contribution is 2.13. The van der Waals surface area contributed by atoms with E-state index in [2.05, 4.69) is 41.0 Å². The van der Waals surface area contributed by atoms with Gasteiger partial charge >= 0.3 is 0 Å². The van der Waals surface area contributed by atoms with Crippen LogP contribution < -0.4 is 0 Å². The van der Waals surface area contributed by atoms with Crippen LogP contribution in [0.25, 0.3) is 0 Å². The van der Waals surface area contributed by atoms with E-state index in [1.54, 1.807) is 0 Å². The van der Waals surface area contributed by atoms with Crippen LogP contribution in [0.3, 0.4) is 0 Å². The van der Waals surface area contributed by atoms with Gasteiger partial charge in [0.2, 0.25) is 0 Å². The van der Waals surface area contributed by atoms with Gasteiger partial charge in [0.05, 0.1) is 6.61 Å². The topological polar surface area (TPSA) is 23.5 Å². The Bertz CT molecular complexity index is 407. The monoisotopic (exact) mass is 243 g/mol. The molecule has 1 N–H and O–H groups in total. The highest BCUT2D eigenvalue weighted by atomic mass is 16.2. The van der Waals surface area contributed by atoms with Crippen molar-refractivity contribution >= 4 is 0 Å². The Balaban J connectivity index is 1.89. The maximum Gasteiger partial charge on any atom is 0.0540 e. The van der Waals surface area contributed by atoms with E-state index in [1.165, 1.54) is 37.9 Å². The van der Waals surface area contributed by atoms with Gasteiger partial charge in [0.15, 0.2) is 0 Å². The SMILES string of the molecule is OCCC#Cc1ccc(CN2CCCCC2)cc1. The molecular weight excluding hydrogens is 222 g/mol. The molecular formula is C16H21NO. The van der Waals surface area contributed by atoms with Gasteiger partial charge < -0.3 is 5.11 Å². The molecule has 2 rings (SSSR count). The first-order valence-electron chi connectivity index (χ1n) is 6.79. The summed E-state index contributed by atoms with van der Waals surface area (Å²) in [5, 5.41) is 8.66. The maximum atomic E-state index is 8.66. The Labute approximate surface area is 110 Å². The molecule has 18 heavy (non-hydrogen) atoms. The van der Waals surface area contributed by atoms with E-state index >= 15 is 0 Å². The Morgan fingerprint density at radius 1 is 1.06 bits per heavy atom. The summed E-state index contributed by atoms with van der Waals surface area (Å²) in [6.07, 6.45) is 4.61. The molecule has 0 aliphatic carbocycles. The van der Waals surface area contributed by atoms with Crippen molar-refractivity contribution in [3.63, 3.8) is 0 Å². The zero-order valence-corrected chi connectivity index (χ0v) is 10.9. The number of piperidine rings is 1. The van der Waals surface area contributed by atoms with Crippen LogP contribution in [0.4, 0.5) is 0 Å². The predicted octanol–water partition coefficient (Wildman–Crippen LogP) is 2.41. The number of aliphatic hydroxyl groups excluding tert-OH is 1. The number of hydrogen-bond donors (Lipinski definition) is 1. The quantitative estimate of drug-likeness (QED) is 0.824. The molecule has 0 bridgehead atoms. The summed E-state index contributed by atoms with van der Waals surface area (Å²) >= 11 is 0. The molecule has 0 aromatic heterocycles. The lowest BCUT2D eigenvalue weighted by atomic mass is 10.1. The van der Waals surface area contributed by atoms with Crippen LogP contribution in [0.1, 0.15) is 36.8 Å². The van der Waals surface area contributed by atoms with E-state index in [0.717, 1.165) is 12.1 Å². The Kier molecular flexibility index (Phi) is 5.26. The third-order valence-corrected chi connectivity index (χ3v) is 3.28. The molecule has 1 aromatic carbocycles. The molecule has 1 saturated heterocycles. The number of nitrogens with zero attached hydrogens (tertiary/aromatic N) is 1. The van der Waals surface area contributed by atoms with E-state index in [-0.39, 0.29) is 6.61 Å². The number of rotatable bonds is 3. The number of benzene rings is 1. The van der Waals surface area contributed by atoms with E-state index in [0.29, 0.717) is 6.42 Å². The van der Waals surface area contributed by atoms with Gasteiger partial charge in [-0.05, 0) is 43.6 Å². The second-order valence-corrected chi connectivity index (χ2v) is 4.81. The minimum absolute atomic E-state index is 0.139. The average molecular weight is 243 g/mol. The number of hydrogen-bond acceptors (Lipinski definition) is 2. The molecule has 0 unspecified atom stereocenters. The highest BCUT2D eigenvalue weighted by Gasteiger charge is 2.09. The van der Waals surface area contributed by atoms with Crippen molar-refractivity contribution in [3.05, 3.63) is 35.4 Å². The van der Waals surface area contributed by atoms with Crippen molar-refractivity contribution in [1.82, 2.24) is 4.90 Å². The average Bonchev–Trinajstić information content (AvgIpc) is 2.42.